The van der Waals surface area contributed by atoms with Crippen molar-refractivity contribution in [3.63, 3.8) is 0 Å². The van der Waals surface area contributed by atoms with E-state index in [-0.39, 0.29) is 11.1 Å². The van der Waals surface area contributed by atoms with E-state index in [9.17, 15) is 9.59 Å². The first-order valence-corrected chi connectivity index (χ1v) is 4.45. The maximum Gasteiger partial charge on any atom is 0.335 e. The lowest BCUT2D eigenvalue weighted by Gasteiger charge is -2.05. The van der Waals surface area contributed by atoms with E-state index >= 15 is 0 Å². The average molecular weight is 209 g/mol. The number of rotatable bonds is 2. The molecule has 0 aromatic heterocycles. The molecule has 0 spiro atoms. The van der Waals surface area contributed by atoms with Crippen molar-refractivity contribution < 1.29 is 19.1 Å². The first-order chi connectivity index (χ1) is 7.15. The Labute approximate surface area is 87.3 Å². The van der Waals surface area contributed by atoms with Crippen molar-refractivity contribution in [2.75, 3.05) is 14.2 Å². The van der Waals surface area contributed by atoms with Crippen LogP contribution in [0.1, 0.15) is 12.8 Å². The van der Waals surface area contributed by atoms with Gasteiger partial charge in [-0.1, -0.05) is 0 Å². The third-order valence-electron chi connectivity index (χ3n) is 2.35. The van der Waals surface area contributed by atoms with Gasteiger partial charge in [-0.25, -0.2) is 9.59 Å². The Kier molecular flexibility index (Phi) is 3.45. The smallest absolute Gasteiger partial charge is 0.335 e. The van der Waals surface area contributed by atoms with Crippen LogP contribution < -0.4 is 0 Å². The van der Waals surface area contributed by atoms with E-state index in [1.807, 2.05) is 6.07 Å². The number of esters is 2. The van der Waals surface area contributed by atoms with Crippen molar-refractivity contribution in [1.29, 1.82) is 5.26 Å². The summed E-state index contributed by atoms with van der Waals surface area (Å²) in [6.45, 7) is 0. The molecule has 1 aliphatic carbocycles. The van der Waals surface area contributed by atoms with E-state index in [0.717, 1.165) is 0 Å². The van der Waals surface area contributed by atoms with Gasteiger partial charge in [-0.05, 0) is 12.8 Å². The van der Waals surface area contributed by atoms with E-state index < -0.39 is 17.9 Å². The summed E-state index contributed by atoms with van der Waals surface area (Å²) in [4.78, 5) is 22.7. The number of carbonyl (C=O) groups is 2. The minimum absolute atomic E-state index is 0.145. The van der Waals surface area contributed by atoms with Crippen molar-refractivity contribution in [3.8, 4) is 6.07 Å². The van der Waals surface area contributed by atoms with Gasteiger partial charge in [-0.3, -0.25) is 0 Å². The fourth-order valence-corrected chi connectivity index (χ4v) is 1.62. The molecule has 0 amide bonds. The summed E-state index contributed by atoms with van der Waals surface area (Å²) in [5.41, 5.74) is 0.405. The molecule has 0 aromatic rings. The van der Waals surface area contributed by atoms with Crippen LogP contribution in [-0.4, -0.2) is 26.2 Å². The Morgan fingerprint density at radius 3 is 2.40 bits per heavy atom. The van der Waals surface area contributed by atoms with E-state index in [1.54, 1.807) is 0 Å². The molecule has 0 saturated carbocycles. The molecule has 1 aliphatic rings. The standard InChI is InChI=1S/C10H11NO4/c1-14-9(12)7-4-3-6(5-11)8(7)10(13)15-2/h6H,3-4H2,1-2H3. The zero-order valence-corrected chi connectivity index (χ0v) is 8.57. The van der Waals surface area contributed by atoms with Crippen LogP contribution in [0.5, 0.6) is 0 Å². The molecule has 1 atom stereocenters. The van der Waals surface area contributed by atoms with Gasteiger partial charge < -0.3 is 9.47 Å². The molecular weight excluding hydrogens is 198 g/mol. The van der Waals surface area contributed by atoms with Crippen molar-refractivity contribution >= 4 is 11.9 Å². The number of hydrogen-bond donors (Lipinski definition) is 0. The highest BCUT2D eigenvalue weighted by atomic mass is 16.5. The van der Waals surface area contributed by atoms with Gasteiger partial charge in [0.1, 0.15) is 0 Å². The molecule has 0 bridgehead atoms. The Balaban J connectivity index is 3.11. The van der Waals surface area contributed by atoms with E-state index in [2.05, 4.69) is 9.47 Å². The highest BCUT2D eigenvalue weighted by Crippen LogP contribution is 2.32. The van der Waals surface area contributed by atoms with Gasteiger partial charge in [-0.15, -0.1) is 0 Å². The van der Waals surface area contributed by atoms with Gasteiger partial charge in [0.05, 0.1) is 31.8 Å². The fraction of sp³-hybridized carbons (Fsp3) is 0.500. The van der Waals surface area contributed by atoms with Crippen LogP contribution in [0.15, 0.2) is 11.1 Å². The molecular formula is C10H11NO4. The largest absolute Gasteiger partial charge is 0.466 e. The normalized spacial score (nSPS) is 19.7. The molecule has 0 aromatic carbocycles. The fourth-order valence-electron chi connectivity index (χ4n) is 1.62. The molecule has 0 aliphatic heterocycles. The minimum Gasteiger partial charge on any atom is -0.466 e. The number of nitrogens with zero attached hydrogens (tertiary/aromatic N) is 1. The number of methoxy groups -OCH3 is 2. The van der Waals surface area contributed by atoms with Crippen molar-refractivity contribution in [3.05, 3.63) is 11.1 Å². The van der Waals surface area contributed by atoms with Gasteiger partial charge in [0.25, 0.3) is 0 Å². The second kappa shape index (κ2) is 4.60. The summed E-state index contributed by atoms with van der Waals surface area (Å²) in [7, 11) is 2.46. The predicted octanol–water partition coefficient (Wildman–Crippen LogP) is 0.563. The molecule has 1 rings (SSSR count). The Bertz CT molecular complexity index is 364. The highest BCUT2D eigenvalue weighted by molar-refractivity contribution is 6.02. The molecule has 5 nitrogen and oxygen atoms in total. The van der Waals surface area contributed by atoms with Crippen LogP contribution >= 0.6 is 0 Å². The van der Waals surface area contributed by atoms with Gasteiger partial charge >= 0.3 is 11.9 Å². The molecule has 0 N–H and O–H groups in total. The minimum atomic E-state index is -0.626. The van der Waals surface area contributed by atoms with Gasteiger partial charge in [0.15, 0.2) is 0 Å². The summed E-state index contributed by atoms with van der Waals surface area (Å²) in [5.74, 6) is -1.75. The van der Waals surface area contributed by atoms with Gasteiger partial charge in [0, 0.05) is 5.57 Å². The third-order valence-corrected chi connectivity index (χ3v) is 2.35. The third kappa shape index (κ3) is 1.99. The Morgan fingerprint density at radius 1 is 1.33 bits per heavy atom. The Hall–Kier alpha value is -1.83. The van der Waals surface area contributed by atoms with Crippen LogP contribution in [0.2, 0.25) is 0 Å². The summed E-state index contributed by atoms with van der Waals surface area (Å²) >= 11 is 0. The first-order valence-electron chi connectivity index (χ1n) is 4.45. The van der Waals surface area contributed by atoms with Crippen LogP contribution in [0.25, 0.3) is 0 Å². The van der Waals surface area contributed by atoms with Gasteiger partial charge in [0.2, 0.25) is 0 Å². The molecule has 0 heterocycles. The van der Waals surface area contributed by atoms with E-state index in [1.165, 1.54) is 14.2 Å². The average Bonchev–Trinajstić information content (AvgIpc) is 2.70. The Morgan fingerprint density at radius 2 is 1.93 bits per heavy atom. The summed E-state index contributed by atoms with van der Waals surface area (Å²) in [5, 5.41) is 8.81. The van der Waals surface area contributed by atoms with Crippen molar-refractivity contribution in [2.45, 2.75) is 12.8 Å². The zero-order valence-electron chi connectivity index (χ0n) is 8.57. The molecule has 0 radical (unpaired) electrons. The lowest BCUT2D eigenvalue weighted by molar-refractivity contribution is -0.139. The van der Waals surface area contributed by atoms with Crippen molar-refractivity contribution in [1.82, 2.24) is 0 Å². The molecule has 15 heavy (non-hydrogen) atoms. The number of nitriles is 1. The highest BCUT2D eigenvalue weighted by Gasteiger charge is 2.34. The number of carbonyl (C=O) groups excluding carboxylic acids is 2. The van der Waals surface area contributed by atoms with Crippen molar-refractivity contribution in [2.24, 2.45) is 5.92 Å². The number of ether oxygens (including phenoxy) is 2. The maximum absolute atomic E-state index is 11.4. The second-order valence-corrected chi connectivity index (χ2v) is 3.10. The molecule has 1 unspecified atom stereocenters. The second-order valence-electron chi connectivity index (χ2n) is 3.10. The molecule has 0 fully saturated rings. The topological polar surface area (TPSA) is 76.4 Å². The van der Waals surface area contributed by atoms with Crippen LogP contribution in [0.4, 0.5) is 0 Å². The monoisotopic (exact) mass is 209 g/mol. The lowest BCUT2D eigenvalue weighted by atomic mass is 10.0. The van der Waals surface area contributed by atoms with Crippen LogP contribution in [-0.2, 0) is 19.1 Å². The SMILES string of the molecule is COC(=O)C1=C(C(=O)OC)C(C#N)CC1. The quantitative estimate of drug-likeness (QED) is 0.621. The molecule has 80 valence electrons. The molecule has 0 saturated heterocycles. The summed E-state index contributed by atoms with van der Waals surface area (Å²) in [6.07, 6.45) is 0.848. The lowest BCUT2D eigenvalue weighted by Crippen LogP contribution is -2.14. The first kappa shape index (κ1) is 11.2. The van der Waals surface area contributed by atoms with Crippen LogP contribution in [0, 0.1) is 17.2 Å². The van der Waals surface area contributed by atoms with E-state index in [4.69, 9.17) is 5.26 Å². The maximum atomic E-state index is 11.4. The van der Waals surface area contributed by atoms with Gasteiger partial charge in [-0.2, -0.15) is 5.26 Å². The summed E-state index contributed by atoms with van der Waals surface area (Å²) in [6, 6.07) is 1.97. The summed E-state index contributed by atoms with van der Waals surface area (Å²) < 4.78 is 9.07. The molecule has 5 heteroatoms. The number of hydrogen-bond acceptors (Lipinski definition) is 5. The zero-order chi connectivity index (χ0) is 11.4. The van der Waals surface area contributed by atoms with Crippen LogP contribution in [0.3, 0.4) is 0 Å². The van der Waals surface area contributed by atoms with E-state index in [0.29, 0.717) is 12.8 Å². The predicted molar refractivity (Wildman–Crippen MR) is 49.4 cm³/mol.